The lowest BCUT2D eigenvalue weighted by molar-refractivity contribution is -0.139. The van der Waals surface area contributed by atoms with Gasteiger partial charge in [-0.05, 0) is 66.8 Å². The Labute approximate surface area is 153 Å². The molecule has 0 bridgehead atoms. The van der Waals surface area contributed by atoms with Crippen molar-refractivity contribution in [3.05, 3.63) is 12.7 Å². The number of carbonyl (C=O) groups is 2. The maximum absolute atomic E-state index is 13.3. The van der Waals surface area contributed by atoms with Gasteiger partial charge in [-0.1, -0.05) is 6.08 Å². The van der Waals surface area contributed by atoms with Crippen molar-refractivity contribution in [2.24, 2.45) is 11.8 Å². The van der Waals surface area contributed by atoms with Crippen LogP contribution < -0.4 is 10.6 Å². The van der Waals surface area contributed by atoms with Crippen LogP contribution in [0.2, 0.25) is 0 Å². The number of carbonyl (C=O) groups excluding carboxylic acids is 2. The molecular formula is C20H37N3O2. The first-order valence-electron chi connectivity index (χ1n) is 9.35. The van der Waals surface area contributed by atoms with E-state index in [1.165, 1.54) is 6.92 Å². The lowest BCUT2D eigenvalue weighted by Gasteiger charge is -2.48. The summed E-state index contributed by atoms with van der Waals surface area (Å²) in [6.07, 6.45) is 4.42. The molecule has 0 heterocycles. The molecule has 0 aromatic rings. The van der Waals surface area contributed by atoms with Crippen LogP contribution in [0.3, 0.4) is 0 Å². The van der Waals surface area contributed by atoms with Crippen LogP contribution in [0.1, 0.15) is 60.8 Å². The Bertz CT molecular complexity index is 496. The normalized spacial score (nSPS) is 27.2. The van der Waals surface area contributed by atoms with Gasteiger partial charge in [-0.3, -0.25) is 9.59 Å². The summed E-state index contributed by atoms with van der Waals surface area (Å²) in [5, 5.41) is 6.16. The van der Waals surface area contributed by atoms with Crippen LogP contribution in [-0.4, -0.2) is 47.4 Å². The molecule has 0 aromatic heterocycles. The molecule has 5 heteroatoms. The zero-order valence-corrected chi connectivity index (χ0v) is 17.1. The van der Waals surface area contributed by atoms with E-state index in [2.05, 4.69) is 43.0 Å². The van der Waals surface area contributed by atoms with Gasteiger partial charge in [-0.15, -0.1) is 6.58 Å². The van der Waals surface area contributed by atoms with Crippen molar-refractivity contribution in [1.29, 1.82) is 0 Å². The quantitative estimate of drug-likeness (QED) is 0.723. The molecule has 3 atom stereocenters. The van der Waals surface area contributed by atoms with Crippen molar-refractivity contribution in [2.75, 3.05) is 13.6 Å². The summed E-state index contributed by atoms with van der Waals surface area (Å²) in [4.78, 5) is 27.6. The maximum Gasteiger partial charge on any atom is 0.246 e. The molecule has 144 valence electrons. The van der Waals surface area contributed by atoms with E-state index in [0.29, 0.717) is 12.5 Å². The summed E-state index contributed by atoms with van der Waals surface area (Å²) in [5.74, 6) is 0.0652. The number of allylic oxidation sites excluding steroid dienone is 1. The average Bonchev–Trinajstić information content (AvgIpc) is 2.46. The predicted octanol–water partition coefficient (Wildman–Crippen LogP) is 2.72. The van der Waals surface area contributed by atoms with E-state index in [4.69, 9.17) is 0 Å². The van der Waals surface area contributed by atoms with Crippen molar-refractivity contribution < 1.29 is 9.59 Å². The van der Waals surface area contributed by atoms with Crippen molar-refractivity contribution in [3.63, 3.8) is 0 Å². The summed E-state index contributed by atoms with van der Waals surface area (Å²) < 4.78 is 0. The van der Waals surface area contributed by atoms with Crippen LogP contribution in [0, 0.1) is 11.8 Å². The van der Waals surface area contributed by atoms with Gasteiger partial charge in [0.25, 0.3) is 0 Å². The Hall–Kier alpha value is -1.36. The molecule has 5 nitrogen and oxygen atoms in total. The van der Waals surface area contributed by atoms with Gasteiger partial charge in [-0.25, -0.2) is 0 Å². The largest absolute Gasteiger partial charge is 0.349 e. The fraction of sp³-hybridized carbons (Fsp3) is 0.800. The van der Waals surface area contributed by atoms with Crippen molar-refractivity contribution in [1.82, 2.24) is 15.5 Å². The Kier molecular flexibility index (Phi) is 7.24. The number of nitrogens with zero attached hydrogens (tertiary/aromatic N) is 1. The van der Waals surface area contributed by atoms with E-state index >= 15 is 0 Å². The fourth-order valence-corrected chi connectivity index (χ4v) is 3.60. The first kappa shape index (κ1) is 21.7. The van der Waals surface area contributed by atoms with Crippen LogP contribution in [0.25, 0.3) is 0 Å². The van der Waals surface area contributed by atoms with Gasteiger partial charge in [-0.2, -0.15) is 0 Å². The highest BCUT2D eigenvalue weighted by atomic mass is 16.2. The molecular weight excluding hydrogens is 314 g/mol. The van der Waals surface area contributed by atoms with Crippen LogP contribution in [-0.2, 0) is 9.59 Å². The number of rotatable bonds is 6. The summed E-state index contributed by atoms with van der Waals surface area (Å²) >= 11 is 0. The summed E-state index contributed by atoms with van der Waals surface area (Å²) in [6, 6.07) is 0.387. The van der Waals surface area contributed by atoms with E-state index in [-0.39, 0.29) is 29.2 Å². The number of hydrogen-bond donors (Lipinski definition) is 2. The van der Waals surface area contributed by atoms with E-state index in [0.717, 1.165) is 19.4 Å². The first-order valence-corrected chi connectivity index (χ1v) is 9.35. The third-order valence-electron chi connectivity index (χ3n) is 5.18. The van der Waals surface area contributed by atoms with Crippen LogP contribution in [0.15, 0.2) is 12.7 Å². The van der Waals surface area contributed by atoms with E-state index in [1.807, 2.05) is 26.8 Å². The molecule has 0 spiro atoms. The molecule has 0 aliphatic heterocycles. The topological polar surface area (TPSA) is 61.4 Å². The molecule has 0 saturated heterocycles. The summed E-state index contributed by atoms with van der Waals surface area (Å²) in [7, 11) is 2.07. The number of nitrogens with one attached hydrogen (secondary N) is 2. The van der Waals surface area contributed by atoms with Gasteiger partial charge < -0.3 is 15.5 Å². The molecule has 0 radical (unpaired) electrons. The molecule has 2 amide bonds. The minimum atomic E-state index is -0.890. The van der Waals surface area contributed by atoms with E-state index < -0.39 is 5.54 Å². The highest BCUT2D eigenvalue weighted by molar-refractivity contribution is 5.92. The zero-order valence-electron chi connectivity index (χ0n) is 17.1. The molecule has 1 aliphatic rings. The first-order chi connectivity index (χ1) is 11.4. The van der Waals surface area contributed by atoms with E-state index in [9.17, 15) is 9.59 Å². The van der Waals surface area contributed by atoms with Gasteiger partial charge >= 0.3 is 0 Å². The summed E-state index contributed by atoms with van der Waals surface area (Å²) in [6.45, 7) is 16.4. The number of hydrogen-bond acceptors (Lipinski definition) is 3. The Morgan fingerprint density at radius 2 is 1.92 bits per heavy atom. The molecule has 0 aromatic carbocycles. The standard InChI is InChI=1S/C20H37N3O2/c1-9-16-10-11-17(13-23(8)14(2)3)20(12-16,21-15(4)24)18(25)22-19(5,6)7/h9,14,16-17H,1,10-13H2,2-8H3,(H,21,24)(H,22,25)/t16-,17+,20-/m1/s1. The second-order valence-electron chi connectivity index (χ2n) is 8.86. The molecule has 1 saturated carbocycles. The minimum Gasteiger partial charge on any atom is -0.349 e. The van der Waals surface area contributed by atoms with Gasteiger partial charge in [0.15, 0.2) is 0 Å². The molecule has 0 unspecified atom stereocenters. The molecule has 1 rings (SSSR count). The average molecular weight is 352 g/mol. The van der Waals surface area contributed by atoms with Crippen molar-refractivity contribution in [2.45, 2.75) is 77.9 Å². The molecule has 1 fully saturated rings. The van der Waals surface area contributed by atoms with Gasteiger partial charge in [0, 0.05) is 31.0 Å². The monoisotopic (exact) mass is 351 g/mol. The molecule has 2 N–H and O–H groups in total. The van der Waals surface area contributed by atoms with Gasteiger partial charge in [0.05, 0.1) is 0 Å². The Morgan fingerprint density at radius 1 is 1.32 bits per heavy atom. The highest BCUT2D eigenvalue weighted by Gasteiger charge is 2.50. The molecule has 25 heavy (non-hydrogen) atoms. The van der Waals surface area contributed by atoms with Gasteiger partial charge in [0.1, 0.15) is 5.54 Å². The smallest absolute Gasteiger partial charge is 0.246 e. The van der Waals surface area contributed by atoms with Crippen molar-refractivity contribution >= 4 is 11.8 Å². The lowest BCUT2D eigenvalue weighted by atomic mass is 9.67. The third-order valence-corrected chi connectivity index (χ3v) is 5.18. The highest BCUT2D eigenvalue weighted by Crippen LogP contribution is 2.39. The van der Waals surface area contributed by atoms with E-state index in [1.54, 1.807) is 0 Å². The number of amides is 2. The second-order valence-corrected chi connectivity index (χ2v) is 8.86. The fourth-order valence-electron chi connectivity index (χ4n) is 3.60. The Balaban J connectivity index is 3.26. The van der Waals surface area contributed by atoms with Crippen LogP contribution >= 0.6 is 0 Å². The Morgan fingerprint density at radius 3 is 2.36 bits per heavy atom. The van der Waals surface area contributed by atoms with Crippen molar-refractivity contribution in [3.8, 4) is 0 Å². The predicted molar refractivity (Wildman–Crippen MR) is 103 cm³/mol. The third kappa shape index (κ3) is 5.84. The zero-order chi connectivity index (χ0) is 19.4. The van der Waals surface area contributed by atoms with Gasteiger partial charge in [0.2, 0.25) is 11.8 Å². The SMILES string of the molecule is C=C[C@@H]1CC[C@@H](CN(C)C(C)C)[C@@](NC(C)=O)(C(=O)NC(C)(C)C)C1. The summed E-state index contributed by atoms with van der Waals surface area (Å²) in [5.41, 5.74) is -1.24. The minimum absolute atomic E-state index is 0.0716. The maximum atomic E-state index is 13.3. The molecule has 1 aliphatic carbocycles. The van der Waals surface area contributed by atoms with Crippen LogP contribution in [0.5, 0.6) is 0 Å². The van der Waals surface area contributed by atoms with Crippen LogP contribution in [0.4, 0.5) is 0 Å². The second kappa shape index (κ2) is 8.35. The lowest BCUT2D eigenvalue weighted by Crippen LogP contribution is -2.68.